The predicted molar refractivity (Wildman–Crippen MR) is 86.9 cm³/mol. The Morgan fingerprint density at radius 3 is 2.28 bits per heavy atom. The lowest BCUT2D eigenvalue weighted by Gasteiger charge is -2.09. The Kier molecular flexibility index (Phi) is 5.52. The second-order valence-electron chi connectivity index (χ2n) is 5.47. The number of carbonyl (C=O) groups excluding carboxylic acids is 1. The summed E-state index contributed by atoms with van der Waals surface area (Å²) >= 11 is 0. The van der Waals surface area contributed by atoms with Gasteiger partial charge in [-0.3, -0.25) is 4.79 Å². The van der Waals surface area contributed by atoms with Gasteiger partial charge in [-0.05, 0) is 43.2 Å². The SMILES string of the molecule is Cc1cccc(CCNC(=O)c2ccc(S(=O)(=O)C(F)(F)F)cc2)c1. The number of sulfone groups is 1. The molecule has 2 aromatic rings. The minimum Gasteiger partial charge on any atom is -0.352 e. The maximum atomic E-state index is 12.5. The van der Waals surface area contributed by atoms with E-state index >= 15 is 0 Å². The van der Waals surface area contributed by atoms with Crippen molar-refractivity contribution in [3.05, 3.63) is 65.2 Å². The highest BCUT2D eigenvalue weighted by atomic mass is 32.2. The van der Waals surface area contributed by atoms with Crippen LogP contribution in [-0.2, 0) is 16.3 Å². The first-order valence-corrected chi connectivity index (χ1v) is 8.85. The zero-order valence-electron chi connectivity index (χ0n) is 13.3. The molecule has 0 heterocycles. The van der Waals surface area contributed by atoms with Crippen molar-refractivity contribution in [2.24, 2.45) is 0 Å². The molecule has 0 fully saturated rings. The van der Waals surface area contributed by atoms with Crippen molar-refractivity contribution in [3.8, 4) is 0 Å². The molecule has 25 heavy (non-hydrogen) atoms. The highest BCUT2D eigenvalue weighted by molar-refractivity contribution is 7.92. The van der Waals surface area contributed by atoms with Crippen LogP contribution in [0.15, 0.2) is 53.4 Å². The van der Waals surface area contributed by atoms with Crippen LogP contribution >= 0.6 is 0 Å². The molecular weight excluding hydrogens is 355 g/mol. The van der Waals surface area contributed by atoms with Gasteiger partial charge in [-0.15, -0.1) is 0 Å². The van der Waals surface area contributed by atoms with Crippen LogP contribution in [0.4, 0.5) is 13.2 Å². The van der Waals surface area contributed by atoms with Crippen LogP contribution < -0.4 is 5.32 Å². The van der Waals surface area contributed by atoms with Gasteiger partial charge in [-0.2, -0.15) is 13.2 Å². The molecule has 0 aromatic heterocycles. The molecule has 0 saturated carbocycles. The Labute approximate surface area is 143 Å². The topological polar surface area (TPSA) is 63.2 Å². The molecule has 0 aliphatic carbocycles. The minimum atomic E-state index is -5.41. The van der Waals surface area contributed by atoms with E-state index in [1.54, 1.807) is 0 Å². The zero-order valence-corrected chi connectivity index (χ0v) is 14.1. The van der Waals surface area contributed by atoms with Crippen LogP contribution in [-0.4, -0.2) is 26.4 Å². The van der Waals surface area contributed by atoms with Gasteiger partial charge in [0.25, 0.3) is 15.7 Å². The third kappa shape index (κ3) is 4.60. The van der Waals surface area contributed by atoms with Crippen molar-refractivity contribution in [1.29, 1.82) is 0 Å². The summed E-state index contributed by atoms with van der Waals surface area (Å²) in [4.78, 5) is 11.1. The number of amides is 1. The monoisotopic (exact) mass is 371 g/mol. The fourth-order valence-electron chi connectivity index (χ4n) is 2.21. The average Bonchev–Trinajstić information content (AvgIpc) is 2.54. The lowest BCUT2D eigenvalue weighted by Crippen LogP contribution is -2.26. The van der Waals surface area contributed by atoms with E-state index in [-0.39, 0.29) is 5.56 Å². The summed E-state index contributed by atoms with van der Waals surface area (Å²) in [7, 11) is -5.41. The van der Waals surface area contributed by atoms with E-state index < -0.39 is 26.1 Å². The van der Waals surface area contributed by atoms with E-state index in [2.05, 4.69) is 5.32 Å². The van der Waals surface area contributed by atoms with Crippen molar-refractivity contribution in [2.75, 3.05) is 6.54 Å². The van der Waals surface area contributed by atoms with Gasteiger partial charge in [0, 0.05) is 12.1 Å². The Hall–Kier alpha value is -2.35. The zero-order chi connectivity index (χ0) is 18.7. The van der Waals surface area contributed by atoms with Crippen LogP contribution in [0.25, 0.3) is 0 Å². The number of benzene rings is 2. The number of hydrogen-bond acceptors (Lipinski definition) is 3. The van der Waals surface area contributed by atoms with E-state index in [1.165, 1.54) is 0 Å². The number of halogens is 3. The van der Waals surface area contributed by atoms with Gasteiger partial charge in [-0.25, -0.2) is 8.42 Å². The molecule has 0 bridgehead atoms. The summed E-state index contributed by atoms with van der Waals surface area (Å²) in [5.41, 5.74) is -3.13. The third-order valence-corrected chi connectivity index (χ3v) is 5.02. The fourth-order valence-corrected chi connectivity index (χ4v) is 2.97. The molecule has 1 N–H and O–H groups in total. The van der Waals surface area contributed by atoms with Gasteiger partial charge < -0.3 is 5.32 Å². The highest BCUT2D eigenvalue weighted by Gasteiger charge is 2.46. The third-order valence-electron chi connectivity index (χ3n) is 3.51. The molecule has 4 nitrogen and oxygen atoms in total. The molecule has 0 atom stereocenters. The maximum Gasteiger partial charge on any atom is 0.501 e. The van der Waals surface area contributed by atoms with E-state index in [1.807, 2.05) is 31.2 Å². The van der Waals surface area contributed by atoms with Gasteiger partial charge in [-0.1, -0.05) is 29.8 Å². The van der Waals surface area contributed by atoms with E-state index in [0.717, 1.165) is 35.4 Å². The van der Waals surface area contributed by atoms with Crippen LogP contribution in [0.3, 0.4) is 0 Å². The Morgan fingerprint density at radius 2 is 1.72 bits per heavy atom. The van der Waals surface area contributed by atoms with Gasteiger partial charge in [0.2, 0.25) is 0 Å². The fraction of sp³-hybridized carbons (Fsp3) is 0.235. The summed E-state index contributed by atoms with van der Waals surface area (Å²) in [5.74, 6) is -0.483. The van der Waals surface area contributed by atoms with Gasteiger partial charge >= 0.3 is 5.51 Å². The summed E-state index contributed by atoms with van der Waals surface area (Å²) in [6.07, 6.45) is 0.605. The molecule has 1 amide bonds. The molecule has 0 radical (unpaired) electrons. The van der Waals surface area contributed by atoms with Crippen molar-refractivity contribution in [3.63, 3.8) is 0 Å². The summed E-state index contributed by atoms with van der Waals surface area (Å²) in [5, 5.41) is 2.64. The van der Waals surface area contributed by atoms with Crippen LogP contribution in [0.5, 0.6) is 0 Å². The Morgan fingerprint density at radius 1 is 1.08 bits per heavy atom. The maximum absolute atomic E-state index is 12.5. The van der Waals surface area contributed by atoms with Crippen molar-refractivity contribution < 1.29 is 26.4 Å². The van der Waals surface area contributed by atoms with E-state index in [0.29, 0.717) is 13.0 Å². The van der Waals surface area contributed by atoms with Crippen LogP contribution in [0.1, 0.15) is 21.5 Å². The molecule has 8 heteroatoms. The summed E-state index contributed by atoms with van der Waals surface area (Å²) in [6, 6.07) is 11.4. The van der Waals surface area contributed by atoms with E-state index in [4.69, 9.17) is 0 Å². The van der Waals surface area contributed by atoms with Crippen LogP contribution in [0, 0.1) is 6.92 Å². The number of alkyl halides is 3. The summed E-state index contributed by atoms with van der Waals surface area (Å²) < 4.78 is 59.9. The first kappa shape index (κ1) is 19.0. The molecule has 0 spiro atoms. The largest absolute Gasteiger partial charge is 0.501 e. The standard InChI is InChI=1S/C17H16F3NO3S/c1-12-3-2-4-13(11-12)9-10-21-16(22)14-5-7-15(8-6-14)25(23,24)17(18,19)20/h2-8,11H,9-10H2,1H3,(H,21,22). The van der Waals surface area contributed by atoms with Crippen molar-refractivity contribution >= 4 is 15.7 Å². The first-order valence-electron chi connectivity index (χ1n) is 7.36. The minimum absolute atomic E-state index is 0.0883. The molecule has 0 unspecified atom stereocenters. The Bertz CT molecular complexity index is 859. The molecule has 134 valence electrons. The highest BCUT2D eigenvalue weighted by Crippen LogP contribution is 2.30. The number of nitrogens with one attached hydrogen (secondary N) is 1. The van der Waals surface area contributed by atoms with Gasteiger partial charge in [0.1, 0.15) is 0 Å². The average molecular weight is 371 g/mol. The Balaban J connectivity index is 1.99. The lowest BCUT2D eigenvalue weighted by molar-refractivity contribution is -0.0436. The van der Waals surface area contributed by atoms with Crippen molar-refractivity contribution in [1.82, 2.24) is 5.32 Å². The number of hydrogen-bond donors (Lipinski definition) is 1. The lowest BCUT2D eigenvalue weighted by atomic mass is 10.1. The molecule has 2 rings (SSSR count). The number of aryl methyl sites for hydroxylation is 1. The second kappa shape index (κ2) is 7.26. The molecule has 0 aliphatic rings. The quantitative estimate of drug-likeness (QED) is 0.878. The number of rotatable bonds is 5. The molecular formula is C17H16F3NO3S. The van der Waals surface area contributed by atoms with E-state index in [9.17, 15) is 26.4 Å². The smallest absolute Gasteiger partial charge is 0.352 e. The summed E-state index contributed by atoms with van der Waals surface area (Å²) in [6.45, 7) is 2.31. The normalized spacial score (nSPS) is 12.0. The first-order chi connectivity index (χ1) is 11.6. The predicted octanol–water partition coefficient (Wildman–Crippen LogP) is 3.26. The van der Waals surface area contributed by atoms with Gasteiger partial charge in [0.05, 0.1) is 4.90 Å². The van der Waals surface area contributed by atoms with Crippen molar-refractivity contribution in [2.45, 2.75) is 23.7 Å². The second-order valence-corrected chi connectivity index (χ2v) is 7.41. The van der Waals surface area contributed by atoms with Crippen LogP contribution in [0.2, 0.25) is 0 Å². The van der Waals surface area contributed by atoms with Gasteiger partial charge in [0.15, 0.2) is 0 Å². The molecule has 0 saturated heterocycles. The number of carbonyl (C=O) groups is 1. The molecule has 2 aromatic carbocycles. The molecule has 0 aliphatic heterocycles.